The molecule has 2 aromatic carbocycles. The second kappa shape index (κ2) is 7.42. The third kappa shape index (κ3) is 3.98. The number of rotatable bonds is 5. The minimum absolute atomic E-state index is 0.260. The molecule has 1 atom stereocenters. The second-order valence-electron chi connectivity index (χ2n) is 5.25. The molecule has 0 aliphatic rings. The maximum atomic E-state index is 12.9. The van der Waals surface area contributed by atoms with Crippen molar-refractivity contribution in [2.75, 3.05) is 0 Å². The number of hydrogen-bond acceptors (Lipinski definition) is 2. The molecule has 3 nitrogen and oxygen atoms in total. The Morgan fingerprint density at radius 3 is 2.42 bits per heavy atom. The summed E-state index contributed by atoms with van der Waals surface area (Å²) in [4.78, 5) is 12.2. The van der Waals surface area contributed by atoms with Crippen molar-refractivity contribution in [3.05, 3.63) is 102 Å². The van der Waals surface area contributed by atoms with Gasteiger partial charge in [0, 0.05) is 6.08 Å². The Morgan fingerprint density at radius 2 is 1.75 bits per heavy atom. The van der Waals surface area contributed by atoms with Gasteiger partial charge in [-0.3, -0.25) is 4.79 Å². The molecule has 1 aromatic heterocycles. The van der Waals surface area contributed by atoms with Crippen molar-refractivity contribution in [3.63, 3.8) is 0 Å². The van der Waals surface area contributed by atoms with Gasteiger partial charge in [-0.15, -0.1) is 0 Å². The van der Waals surface area contributed by atoms with Gasteiger partial charge < -0.3 is 9.73 Å². The van der Waals surface area contributed by atoms with Crippen molar-refractivity contribution in [1.82, 2.24) is 5.32 Å². The van der Waals surface area contributed by atoms with E-state index >= 15 is 0 Å². The van der Waals surface area contributed by atoms with Gasteiger partial charge >= 0.3 is 0 Å². The van der Waals surface area contributed by atoms with Gasteiger partial charge in [-0.2, -0.15) is 0 Å². The highest BCUT2D eigenvalue weighted by molar-refractivity contribution is 5.92. The van der Waals surface area contributed by atoms with Crippen molar-refractivity contribution in [3.8, 4) is 0 Å². The van der Waals surface area contributed by atoms with Crippen molar-refractivity contribution < 1.29 is 13.6 Å². The molecule has 120 valence electrons. The Labute approximate surface area is 139 Å². The Bertz CT molecular complexity index is 809. The van der Waals surface area contributed by atoms with E-state index in [1.807, 2.05) is 36.4 Å². The minimum atomic E-state index is -0.369. The van der Waals surface area contributed by atoms with Crippen LogP contribution in [0.25, 0.3) is 6.08 Å². The number of nitrogens with one attached hydrogen (secondary N) is 1. The van der Waals surface area contributed by atoms with Crippen LogP contribution in [0.4, 0.5) is 4.39 Å². The zero-order valence-electron chi connectivity index (χ0n) is 12.9. The molecule has 1 N–H and O–H groups in total. The lowest BCUT2D eigenvalue weighted by atomic mass is 10.0. The van der Waals surface area contributed by atoms with E-state index in [4.69, 9.17) is 4.42 Å². The molecule has 1 amide bonds. The molecular weight excluding hydrogens is 305 g/mol. The Hall–Kier alpha value is -3.14. The molecule has 0 fully saturated rings. The second-order valence-corrected chi connectivity index (χ2v) is 5.25. The van der Waals surface area contributed by atoms with Gasteiger partial charge in [0.1, 0.15) is 17.6 Å². The van der Waals surface area contributed by atoms with E-state index in [0.717, 1.165) is 11.1 Å². The molecule has 0 bridgehead atoms. The van der Waals surface area contributed by atoms with E-state index in [0.29, 0.717) is 5.76 Å². The summed E-state index contributed by atoms with van der Waals surface area (Å²) < 4.78 is 18.3. The van der Waals surface area contributed by atoms with E-state index in [1.165, 1.54) is 18.2 Å². The normalized spacial score (nSPS) is 12.2. The maximum Gasteiger partial charge on any atom is 0.244 e. The third-order valence-electron chi connectivity index (χ3n) is 3.54. The Balaban J connectivity index is 1.75. The Kier molecular flexibility index (Phi) is 4.87. The fourth-order valence-electron chi connectivity index (χ4n) is 2.36. The SMILES string of the molecule is O=C(/C=C/c1ccc(F)cc1)N[C@H](c1ccccc1)c1ccco1. The standard InChI is InChI=1S/C20H16FNO2/c21-17-11-8-15(9-12-17)10-13-19(23)22-20(18-7-4-14-24-18)16-5-2-1-3-6-16/h1-14,20H,(H,22,23)/b13-10+/t20-/m1/s1. The molecule has 3 aromatic rings. The van der Waals surface area contributed by atoms with Crippen molar-refractivity contribution in [1.29, 1.82) is 0 Å². The predicted octanol–water partition coefficient (Wildman–Crippen LogP) is 4.34. The van der Waals surface area contributed by atoms with E-state index in [9.17, 15) is 9.18 Å². The first-order valence-electron chi connectivity index (χ1n) is 7.55. The molecule has 1 heterocycles. The van der Waals surface area contributed by atoms with Crippen LogP contribution < -0.4 is 5.32 Å². The minimum Gasteiger partial charge on any atom is -0.467 e. The van der Waals surface area contributed by atoms with Gasteiger partial charge in [0.2, 0.25) is 5.91 Å². The van der Waals surface area contributed by atoms with Gasteiger partial charge in [-0.25, -0.2) is 4.39 Å². The van der Waals surface area contributed by atoms with Gasteiger partial charge in [-0.05, 0) is 41.5 Å². The first kappa shape index (κ1) is 15.7. The molecule has 0 aliphatic heterocycles. The summed E-state index contributed by atoms with van der Waals surface area (Å²) in [6.07, 6.45) is 4.64. The Morgan fingerprint density at radius 1 is 1.00 bits per heavy atom. The molecular formula is C20H16FNO2. The van der Waals surface area contributed by atoms with Crippen LogP contribution in [0.2, 0.25) is 0 Å². The summed E-state index contributed by atoms with van der Waals surface area (Å²) in [7, 11) is 0. The van der Waals surface area contributed by atoms with E-state index in [-0.39, 0.29) is 17.8 Å². The zero-order chi connectivity index (χ0) is 16.8. The lowest BCUT2D eigenvalue weighted by Crippen LogP contribution is -2.27. The van der Waals surface area contributed by atoms with Gasteiger partial charge in [-0.1, -0.05) is 42.5 Å². The molecule has 3 rings (SSSR count). The van der Waals surface area contributed by atoms with Gasteiger partial charge in [0.15, 0.2) is 0 Å². The number of halogens is 1. The third-order valence-corrected chi connectivity index (χ3v) is 3.54. The summed E-state index contributed by atoms with van der Waals surface area (Å²) in [5.74, 6) is 0.0906. The smallest absolute Gasteiger partial charge is 0.244 e. The van der Waals surface area contributed by atoms with Crippen molar-refractivity contribution >= 4 is 12.0 Å². The number of carbonyl (C=O) groups excluding carboxylic acids is 1. The van der Waals surface area contributed by atoms with Gasteiger partial charge in [0.05, 0.1) is 6.26 Å². The lowest BCUT2D eigenvalue weighted by molar-refractivity contribution is -0.117. The molecule has 0 unspecified atom stereocenters. The van der Waals surface area contributed by atoms with Crippen molar-refractivity contribution in [2.24, 2.45) is 0 Å². The highest BCUT2D eigenvalue weighted by Crippen LogP contribution is 2.22. The molecule has 24 heavy (non-hydrogen) atoms. The van der Waals surface area contributed by atoms with Crippen LogP contribution in [0, 0.1) is 5.82 Å². The highest BCUT2D eigenvalue weighted by atomic mass is 19.1. The first-order valence-corrected chi connectivity index (χ1v) is 7.55. The largest absolute Gasteiger partial charge is 0.467 e. The van der Waals surface area contributed by atoms with E-state index in [2.05, 4.69) is 5.32 Å². The first-order chi connectivity index (χ1) is 11.7. The molecule has 0 aliphatic carbocycles. The molecule has 0 saturated heterocycles. The average molecular weight is 321 g/mol. The average Bonchev–Trinajstić information content (AvgIpc) is 3.14. The van der Waals surface area contributed by atoms with Crippen LogP contribution in [-0.2, 0) is 4.79 Å². The summed E-state index contributed by atoms with van der Waals surface area (Å²) in [6, 6.07) is 18.8. The monoisotopic (exact) mass is 321 g/mol. The number of carbonyl (C=O) groups is 1. The van der Waals surface area contributed by atoms with Gasteiger partial charge in [0.25, 0.3) is 0 Å². The summed E-state index contributed by atoms with van der Waals surface area (Å²) >= 11 is 0. The molecule has 4 heteroatoms. The molecule has 0 saturated carbocycles. The molecule has 0 spiro atoms. The summed E-state index contributed by atoms with van der Waals surface area (Å²) in [6.45, 7) is 0. The van der Waals surface area contributed by atoms with Crippen LogP contribution in [0.1, 0.15) is 22.9 Å². The zero-order valence-corrected chi connectivity index (χ0v) is 12.9. The topological polar surface area (TPSA) is 42.2 Å². The number of amides is 1. The van der Waals surface area contributed by atoms with Crippen LogP contribution >= 0.6 is 0 Å². The summed E-state index contributed by atoms with van der Waals surface area (Å²) in [5.41, 5.74) is 1.68. The number of furan rings is 1. The van der Waals surface area contributed by atoms with Crippen LogP contribution in [0.15, 0.2) is 83.5 Å². The van der Waals surface area contributed by atoms with Crippen LogP contribution in [0.5, 0.6) is 0 Å². The summed E-state index contributed by atoms with van der Waals surface area (Å²) in [5, 5.41) is 2.92. The van der Waals surface area contributed by atoms with Crippen LogP contribution in [0.3, 0.4) is 0 Å². The predicted molar refractivity (Wildman–Crippen MR) is 90.6 cm³/mol. The van der Waals surface area contributed by atoms with E-state index in [1.54, 1.807) is 30.5 Å². The quantitative estimate of drug-likeness (QED) is 0.710. The van der Waals surface area contributed by atoms with Crippen molar-refractivity contribution in [2.45, 2.75) is 6.04 Å². The lowest BCUT2D eigenvalue weighted by Gasteiger charge is -2.16. The number of hydrogen-bond donors (Lipinski definition) is 1. The fourth-order valence-corrected chi connectivity index (χ4v) is 2.36. The van der Waals surface area contributed by atoms with Crippen LogP contribution in [-0.4, -0.2) is 5.91 Å². The van der Waals surface area contributed by atoms with E-state index < -0.39 is 0 Å². The number of benzene rings is 2. The molecule has 0 radical (unpaired) electrons. The highest BCUT2D eigenvalue weighted by Gasteiger charge is 2.17. The maximum absolute atomic E-state index is 12.9. The fraction of sp³-hybridized carbons (Fsp3) is 0.0500.